The van der Waals surface area contributed by atoms with E-state index in [1.165, 1.54) is 0 Å². The summed E-state index contributed by atoms with van der Waals surface area (Å²) in [4.78, 5) is 13.2. The van der Waals surface area contributed by atoms with E-state index in [2.05, 4.69) is 19.2 Å². The zero-order valence-electron chi connectivity index (χ0n) is 17.9. The topological polar surface area (TPSA) is 47.6 Å². The number of aryl methyl sites for hydroxylation is 1. The number of nitrogens with one attached hydrogen (secondary N) is 1. The lowest BCUT2D eigenvalue weighted by Crippen LogP contribution is -2.48. The third-order valence-electron chi connectivity index (χ3n) is 5.62. The zero-order valence-corrected chi connectivity index (χ0v) is 17.9. The molecule has 0 saturated heterocycles. The van der Waals surface area contributed by atoms with E-state index < -0.39 is 5.60 Å². The van der Waals surface area contributed by atoms with E-state index in [-0.39, 0.29) is 5.91 Å². The van der Waals surface area contributed by atoms with E-state index >= 15 is 0 Å². The van der Waals surface area contributed by atoms with Crippen LogP contribution in [0.1, 0.15) is 57.1 Å². The summed E-state index contributed by atoms with van der Waals surface area (Å²) in [5, 5.41) is 3.10. The monoisotopic (exact) mass is 395 g/mol. The Bertz CT molecular complexity index is 805. The number of benzene rings is 2. The van der Waals surface area contributed by atoms with Crippen molar-refractivity contribution < 1.29 is 14.3 Å². The van der Waals surface area contributed by atoms with Crippen LogP contribution < -0.4 is 10.1 Å². The highest BCUT2D eigenvalue weighted by molar-refractivity contribution is 5.97. The number of ether oxygens (including phenoxy) is 2. The molecule has 0 aliphatic heterocycles. The van der Waals surface area contributed by atoms with Crippen molar-refractivity contribution >= 4 is 11.6 Å². The standard InChI is InChI=1S/C25H33NO3/c1-4-15-29-25(14-8-9-19(2)17-25)24(27)26-22-12-13-23(20(3)16-22)28-18-21-10-6-5-7-11-21/h5-7,10-13,16,19H,4,8-9,14-15,17-18H2,1-3H3,(H,26,27). The van der Waals surface area contributed by atoms with Gasteiger partial charge in [-0.1, -0.05) is 50.6 Å². The smallest absolute Gasteiger partial charge is 0.256 e. The molecule has 1 amide bonds. The summed E-state index contributed by atoms with van der Waals surface area (Å²) in [7, 11) is 0. The van der Waals surface area contributed by atoms with Gasteiger partial charge in [0.05, 0.1) is 0 Å². The molecule has 0 bridgehead atoms. The first-order valence-corrected chi connectivity index (χ1v) is 10.8. The number of carbonyl (C=O) groups excluding carboxylic acids is 1. The van der Waals surface area contributed by atoms with Crippen LogP contribution in [0.15, 0.2) is 48.5 Å². The molecular weight excluding hydrogens is 362 g/mol. The molecule has 0 spiro atoms. The van der Waals surface area contributed by atoms with Gasteiger partial charge in [0.2, 0.25) is 0 Å². The third kappa shape index (κ3) is 5.60. The summed E-state index contributed by atoms with van der Waals surface area (Å²) in [5.41, 5.74) is 2.21. The number of hydrogen-bond acceptors (Lipinski definition) is 3. The lowest BCUT2D eigenvalue weighted by molar-refractivity contribution is -0.148. The second-order valence-electron chi connectivity index (χ2n) is 8.25. The fourth-order valence-corrected chi connectivity index (χ4v) is 4.07. The lowest BCUT2D eigenvalue weighted by atomic mass is 9.78. The van der Waals surface area contributed by atoms with Crippen molar-refractivity contribution in [2.45, 2.75) is 65.1 Å². The van der Waals surface area contributed by atoms with E-state index in [0.29, 0.717) is 19.1 Å². The highest BCUT2D eigenvalue weighted by atomic mass is 16.5. The molecule has 0 radical (unpaired) electrons. The maximum absolute atomic E-state index is 13.2. The molecule has 2 aromatic rings. The molecule has 3 rings (SSSR count). The van der Waals surface area contributed by atoms with Gasteiger partial charge in [0.25, 0.3) is 5.91 Å². The number of hydrogen-bond donors (Lipinski definition) is 1. The first-order chi connectivity index (χ1) is 14.0. The molecule has 4 heteroatoms. The summed E-state index contributed by atoms with van der Waals surface area (Å²) in [5.74, 6) is 1.31. The molecular formula is C25H33NO3. The van der Waals surface area contributed by atoms with Crippen LogP contribution in [-0.2, 0) is 16.1 Å². The maximum Gasteiger partial charge on any atom is 0.256 e. The van der Waals surface area contributed by atoms with Crippen molar-refractivity contribution in [1.82, 2.24) is 0 Å². The van der Waals surface area contributed by atoms with Crippen LogP contribution in [0.5, 0.6) is 5.75 Å². The van der Waals surface area contributed by atoms with Crippen LogP contribution in [-0.4, -0.2) is 18.1 Å². The quantitative estimate of drug-likeness (QED) is 0.606. The Hall–Kier alpha value is -2.33. The van der Waals surface area contributed by atoms with Gasteiger partial charge in [-0.25, -0.2) is 0 Å². The minimum absolute atomic E-state index is 0.0187. The summed E-state index contributed by atoms with van der Waals surface area (Å²) in [6.45, 7) is 7.43. The van der Waals surface area contributed by atoms with Gasteiger partial charge in [0.15, 0.2) is 0 Å². The van der Waals surface area contributed by atoms with Gasteiger partial charge in [0.1, 0.15) is 18.0 Å². The number of rotatable bonds is 8. The van der Waals surface area contributed by atoms with Crippen LogP contribution in [0.2, 0.25) is 0 Å². The molecule has 1 aliphatic rings. The van der Waals surface area contributed by atoms with Gasteiger partial charge >= 0.3 is 0 Å². The van der Waals surface area contributed by atoms with Crippen molar-refractivity contribution in [2.24, 2.45) is 5.92 Å². The van der Waals surface area contributed by atoms with Crippen LogP contribution in [0, 0.1) is 12.8 Å². The molecule has 156 valence electrons. The number of carbonyl (C=O) groups is 1. The summed E-state index contributed by atoms with van der Waals surface area (Å²) in [6.07, 6.45) is 4.69. The largest absolute Gasteiger partial charge is 0.489 e. The van der Waals surface area contributed by atoms with Crippen molar-refractivity contribution in [3.05, 3.63) is 59.7 Å². The molecule has 4 nitrogen and oxygen atoms in total. The Labute approximate surface area is 174 Å². The Balaban J connectivity index is 1.66. The van der Waals surface area contributed by atoms with Gasteiger partial charge in [-0.3, -0.25) is 4.79 Å². The predicted molar refractivity (Wildman–Crippen MR) is 117 cm³/mol. The molecule has 2 unspecified atom stereocenters. The average Bonchev–Trinajstić information content (AvgIpc) is 2.72. The molecule has 0 heterocycles. The molecule has 2 aromatic carbocycles. The highest BCUT2D eigenvalue weighted by Crippen LogP contribution is 2.36. The molecule has 2 atom stereocenters. The Morgan fingerprint density at radius 2 is 2.00 bits per heavy atom. The van der Waals surface area contributed by atoms with E-state index in [1.54, 1.807) is 0 Å². The first-order valence-electron chi connectivity index (χ1n) is 10.8. The second-order valence-corrected chi connectivity index (χ2v) is 8.25. The SMILES string of the molecule is CCCOC1(C(=O)Nc2ccc(OCc3ccccc3)c(C)c2)CCCC(C)C1. The Morgan fingerprint density at radius 1 is 1.21 bits per heavy atom. The van der Waals surface area contributed by atoms with Crippen LogP contribution in [0.4, 0.5) is 5.69 Å². The van der Waals surface area contributed by atoms with Gasteiger partial charge in [0, 0.05) is 12.3 Å². The molecule has 1 saturated carbocycles. The summed E-state index contributed by atoms with van der Waals surface area (Å²) >= 11 is 0. The van der Waals surface area contributed by atoms with Gasteiger partial charge in [-0.2, -0.15) is 0 Å². The Morgan fingerprint density at radius 3 is 2.69 bits per heavy atom. The van der Waals surface area contributed by atoms with Crippen molar-refractivity contribution in [3.63, 3.8) is 0 Å². The van der Waals surface area contributed by atoms with Crippen LogP contribution in [0.3, 0.4) is 0 Å². The second kappa shape index (κ2) is 9.93. The third-order valence-corrected chi connectivity index (χ3v) is 5.62. The lowest BCUT2D eigenvalue weighted by Gasteiger charge is -2.38. The van der Waals surface area contributed by atoms with Crippen molar-refractivity contribution in [2.75, 3.05) is 11.9 Å². The fraction of sp³-hybridized carbons (Fsp3) is 0.480. The van der Waals surface area contributed by atoms with Gasteiger partial charge < -0.3 is 14.8 Å². The van der Waals surface area contributed by atoms with Gasteiger partial charge in [-0.15, -0.1) is 0 Å². The zero-order chi connectivity index (χ0) is 20.7. The van der Waals surface area contributed by atoms with Crippen molar-refractivity contribution in [3.8, 4) is 5.75 Å². The van der Waals surface area contributed by atoms with Crippen molar-refractivity contribution in [1.29, 1.82) is 0 Å². The van der Waals surface area contributed by atoms with E-state index in [9.17, 15) is 4.79 Å². The van der Waals surface area contributed by atoms with E-state index in [1.807, 2.05) is 55.5 Å². The van der Waals surface area contributed by atoms with Crippen LogP contribution in [0.25, 0.3) is 0 Å². The fourth-order valence-electron chi connectivity index (χ4n) is 4.07. The minimum atomic E-state index is -0.704. The van der Waals surface area contributed by atoms with Crippen LogP contribution >= 0.6 is 0 Å². The number of amides is 1. The van der Waals surface area contributed by atoms with E-state index in [0.717, 1.165) is 54.7 Å². The molecule has 0 aromatic heterocycles. The number of anilines is 1. The highest BCUT2D eigenvalue weighted by Gasteiger charge is 2.42. The summed E-state index contributed by atoms with van der Waals surface area (Å²) < 4.78 is 12.1. The molecule has 29 heavy (non-hydrogen) atoms. The average molecular weight is 396 g/mol. The Kier molecular flexibility index (Phi) is 7.32. The maximum atomic E-state index is 13.2. The predicted octanol–water partition coefficient (Wildman–Crippen LogP) is 5.89. The molecule has 1 fully saturated rings. The normalized spacial score (nSPS) is 21.6. The summed E-state index contributed by atoms with van der Waals surface area (Å²) in [6, 6.07) is 15.9. The van der Waals surface area contributed by atoms with E-state index in [4.69, 9.17) is 9.47 Å². The first kappa shape index (κ1) is 21.4. The molecule has 1 aliphatic carbocycles. The van der Waals surface area contributed by atoms with Gasteiger partial charge in [-0.05, 0) is 67.9 Å². The molecule has 1 N–H and O–H groups in total. The minimum Gasteiger partial charge on any atom is -0.489 e.